The summed E-state index contributed by atoms with van der Waals surface area (Å²) in [6.07, 6.45) is -4.40. The molecule has 0 bridgehead atoms. The third-order valence-corrected chi connectivity index (χ3v) is 9.11. The van der Waals surface area contributed by atoms with Crippen molar-refractivity contribution in [3.05, 3.63) is 83.8 Å². The number of imidazole rings is 1. The molecule has 4 atom stereocenters. The molecule has 1 aromatic heterocycles. The lowest BCUT2D eigenvalue weighted by molar-refractivity contribution is -0.118. The van der Waals surface area contributed by atoms with E-state index in [0.717, 1.165) is 29.6 Å². The average Bonchev–Trinajstić information content (AvgIpc) is 3.55. The van der Waals surface area contributed by atoms with Crippen molar-refractivity contribution >= 4 is 23.3 Å². The first-order valence-electron chi connectivity index (χ1n) is 15.9. The summed E-state index contributed by atoms with van der Waals surface area (Å²) in [5.74, 6) is -0.502. The van der Waals surface area contributed by atoms with E-state index < -0.39 is 48.5 Å². The Hall–Kier alpha value is -4.03. The topological polar surface area (TPSA) is 153 Å². The molecule has 1 heterocycles. The first-order chi connectivity index (χ1) is 24.4. The lowest BCUT2D eigenvalue weighted by Crippen LogP contribution is -2.49. The SMILES string of the molecule is COc1ccc(N(C)c2cnc(SCc3c(F)cc(OCCCN(C)C[C@H](O)[C@@H](O)[C@H](O)[C@H](O)CO)cc3F)n2-c2ccc(F)cc2)cc1OC. The van der Waals surface area contributed by atoms with Crippen LogP contribution in [-0.4, -0.2) is 119 Å². The molecule has 4 rings (SSSR count). The molecule has 0 saturated carbocycles. The Bertz CT molecular complexity index is 1690. The summed E-state index contributed by atoms with van der Waals surface area (Å²) in [6, 6.07) is 13.4. The molecule has 0 amide bonds. The van der Waals surface area contributed by atoms with Gasteiger partial charge in [-0.05, 0) is 49.9 Å². The van der Waals surface area contributed by atoms with Crippen LogP contribution in [-0.2, 0) is 5.75 Å². The van der Waals surface area contributed by atoms with E-state index in [4.69, 9.17) is 19.3 Å². The van der Waals surface area contributed by atoms with E-state index in [9.17, 15) is 24.8 Å². The highest BCUT2D eigenvalue weighted by molar-refractivity contribution is 7.98. The van der Waals surface area contributed by atoms with Gasteiger partial charge in [0.2, 0.25) is 0 Å². The monoisotopic (exact) mass is 736 g/mol. The minimum atomic E-state index is -1.72. The van der Waals surface area contributed by atoms with Crippen LogP contribution in [0.4, 0.5) is 24.7 Å². The number of aromatic nitrogens is 2. The van der Waals surface area contributed by atoms with Gasteiger partial charge in [-0.1, -0.05) is 11.8 Å². The van der Waals surface area contributed by atoms with Gasteiger partial charge in [-0.2, -0.15) is 0 Å². The summed E-state index contributed by atoms with van der Waals surface area (Å²) in [4.78, 5) is 8.02. The summed E-state index contributed by atoms with van der Waals surface area (Å²) >= 11 is 1.10. The minimum absolute atomic E-state index is 0.00961. The van der Waals surface area contributed by atoms with Gasteiger partial charge in [-0.25, -0.2) is 18.2 Å². The summed E-state index contributed by atoms with van der Waals surface area (Å²) < 4.78 is 62.4. The number of rotatable bonds is 19. The van der Waals surface area contributed by atoms with Crippen LogP contribution < -0.4 is 19.1 Å². The number of hydrogen-bond acceptors (Lipinski definition) is 12. The molecule has 0 aliphatic carbocycles. The molecule has 3 aromatic carbocycles. The van der Waals surface area contributed by atoms with Crippen LogP contribution in [0.25, 0.3) is 5.69 Å². The fraction of sp³-hybridized carbons (Fsp3) is 0.400. The van der Waals surface area contributed by atoms with Crippen molar-refractivity contribution in [1.82, 2.24) is 14.5 Å². The summed E-state index contributed by atoms with van der Waals surface area (Å²) in [7, 11) is 6.53. The van der Waals surface area contributed by atoms with E-state index in [-0.39, 0.29) is 30.2 Å². The van der Waals surface area contributed by atoms with Gasteiger partial charge >= 0.3 is 0 Å². The van der Waals surface area contributed by atoms with Crippen LogP contribution in [0.5, 0.6) is 17.2 Å². The predicted octanol–water partition coefficient (Wildman–Crippen LogP) is 3.50. The van der Waals surface area contributed by atoms with E-state index in [1.54, 1.807) is 47.0 Å². The Labute approximate surface area is 298 Å². The molecular formula is C35H43F3N4O8S. The van der Waals surface area contributed by atoms with E-state index in [0.29, 0.717) is 41.1 Å². The second-order valence-electron chi connectivity index (χ2n) is 11.7. The van der Waals surface area contributed by atoms with Gasteiger partial charge in [-0.3, -0.25) is 4.57 Å². The van der Waals surface area contributed by atoms with Crippen LogP contribution in [0.2, 0.25) is 0 Å². The summed E-state index contributed by atoms with van der Waals surface area (Å²) in [6.45, 7) is -0.373. The molecule has 0 spiro atoms. The number of halogens is 3. The number of nitrogens with zero attached hydrogens (tertiary/aromatic N) is 4. The first-order valence-corrected chi connectivity index (χ1v) is 16.9. The number of methoxy groups -OCH3 is 2. The first kappa shape index (κ1) is 39.8. The van der Waals surface area contributed by atoms with E-state index in [1.807, 2.05) is 18.0 Å². The van der Waals surface area contributed by atoms with Gasteiger partial charge < -0.3 is 49.5 Å². The molecule has 278 valence electrons. The highest BCUT2D eigenvalue weighted by Crippen LogP contribution is 2.37. The summed E-state index contributed by atoms with van der Waals surface area (Å²) in [5, 5.41) is 48.7. The molecule has 51 heavy (non-hydrogen) atoms. The van der Waals surface area contributed by atoms with Gasteiger partial charge in [0.1, 0.15) is 47.3 Å². The highest BCUT2D eigenvalue weighted by Gasteiger charge is 2.30. The average molecular weight is 737 g/mol. The number of likely N-dealkylation sites (N-methyl/N-ethyl adjacent to an activating group) is 1. The number of hydrogen-bond donors (Lipinski definition) is 5. The quantitative estimate of drug-likeness (QED) is 0.0708. The molecule has 0 saturated heterocycles. The molecule has 0 aliphatic heterocycles. The Balaban J connectivity index is 1.41. The van der Waals surface area contributed by atoms with Crippen LogP contribution in [0.15, 0.2) is 66.0 Å². The van der Waals surface area contributed by atoms with Crippen molar-refractivity contribution in [1.29, 1.82) is 0 Å². The second-order valence-corrected chi connectivity index (χ2v) is 12.7. The normalized spacial score (nSPS) is 13.9. The Kier molecular flexibility index (Phi) is 14.4. The third kappa shape index (κ3) is 10.1. The highest BCUT2D eigenvalue weighted by atomic mass is 32.2. The standard InChI is InChI=1S/C35H43F3N4O8S/c1-40(18-28(44)33(46)34(47)29(45)19-43)12-5-13-50-24-15-26(37)25(27(38)16-24)20-51-35-39-17-32(42(35)22-8-6-21(36)7-9-22)41(2)23-10-11-30(48-3)31(14-23)49-4/h6-11,14-17,28-29,33-34,43-47H,5,12-13,18-20H2,1-4H3/t28-,29+,33+,34+/m0/s1. The largest absolute Gasteiger partial charge is 0.493 e. The molecule has 0 aliphatic rings. The molecule has 0 radical (unpaired) electrons. The van der Waals surface area contributed by atoms with Crippen molar-refractivity contribution in [2.24, 2.45) is 0 Å². The smallest absolute Gasteiger partial charge is 0.174 e. The van der Waals surface area contributed by atoms with Crippen molar-refractivity contribution in [2.45, 2.75) is 41.7 Å². The Morgan fingerprint density at radius 1 is 0.863 bits per heavy atom. The van der Waals surface area contributed by atoms with Crippen molar-refractivity contribution in [2.75, 3.05) is 59.5 Å². The Morgan fingerprint density at radius 3 is 2.14 bits per heavy atom. The van der Waals surface area contributed by atoms with Crippen LogP contribution in [0.3, 0.4) is 0 Å². The molecule has 16 heteroatoms. The van der Waals surface area contributed by atoms with Crippen molar-refractivity contribution < 1.29 is 52.9 Å². The molecule has 5 N–H and O–H groups in total. The zero-order valence-electron chi connectivity index (χ0n) is 28.6. The molecular weight excluding hydrogens is 693 g/mol. The number of anilines is 2. The molecule has 12 nitrogen and oxygen atoms in total. The maximum atomic E-state index is 15.2. The zero-order chi connectivity index (χ0) is 37.2. The fourth-order valence-electron chi connectivity index (χ4n) is 5.21. The van der Waals surface area contributed by atoms with Crippen LogP contribution in [0, 0.1) is 17.5 Å². The molecule has 0 unspecified atom stereocenters. The third-order valence-electron chi connectivity index (χ3n) is 8.13. The van der Waals surface area contributed by atoms with Gasteiger partial charge in [0.15, 0.2) is 16.7 Å². The van der Waals surface area contributed by atoms with Gasteiger partial charge in [0, 0.05) is 61.0 Å². The van der Waals surface area contributed by atoms with Crippen molar-refractivity contribution in [3.63, 3.8) is 0 Å². The van der Waals surface area contributed by atoms with Gasteiger partial charge in [-0.15, -0.1) is 0 Å². The second kappa shape index (κ2) is 18.5. The van der Waals surface area contributed by atoms with E-state index >= 15 is 8.78 Å². The number of benzene rings is 3. The van der Waals surface area contributed by atoms with Crippen molar-refractivity contribution in [3.8, 4) is 22.9 Å². The lowest BCUT2D eigenvalue weighted by Gasteiger charge is -2.28. The number of aliphatic hydroxyl groups is 5. The predicted molar refractivity (Wildman–Crippen MR) is 186 cm³/mol. The van der Waals surface area contributed by atoms with E-state index in [1.165, 1.54) is 26.4 Å². The van der Waals surface area contributed by atoms with Gasteiger partial charge in [0.05, 0.1) is 39.7 Å². The molecule has 0 fully saturated rings. The maximum absolute atomic E-state index is 15.2. The van der Waals surface area contributed by atoms with Crippen LogP contribution >= 0.6 is 11.8 Å². The number of ether oxygens (including phenoxy) is 3. The Morgan fingerprint density at radius 2 is 1.51 bits per heavy atom. The number of thioether (sulfide) groups is 1. The summed E-state index contributed by atoms with van der Waals surface area (Å²) in [5.41, 5.74) is 1.13. The van der Waals surface area contributed by atoms with E-state index in [2.05, 4.69) is 4.98 Å². The lowest BCUT2D eigenvalue weighted by atomic mass is 10.0. The maximum Gasteiger partial charge on any atom is 0.174 e. The number of aliphatic hydroxyl groups excluding tert-OH is 5. The van der Waals surface area contributed by atoms with Crippen LogP contribution in [0.1, 0.15) is 12.0 Å². The fourth-order valence-corrected chi connectivity index (χ4v) is 6.21. The minimum Gasteiger partial charge on any atom is -0.493 e. The zero-order valence-corrected chi connectivity index (χ0v) is 29.4. The molecule has 4 aromatic rings. The van der Waals surface area contributed by atoms with Gasteiger partial charge in [0.25, 0.3) is 0 Å².